The van der Waals surface area contributed by atoms with E-state index >= 15 is 0 Å². The average molecular weight is 472 g/mol. The second-order valence-electron chi connectivity index (χ2n) is 7.66. The van der Waals surface area contributed by atoms with E-state index in [1.807, 2.05) is 30.3 Å². The van der Waals surface area contributed by atoms with Crippen LogP contribution in [0.25, 0.3) is 6.08 Å². The molecule has 8 nitrogen and oxygen atoms in total. The summed E-state index contributed by atoms with van der Waals surface area (Å²) in [6.07, 6.45) is 1.68. The minimum Gasteiger partial charge on any atom is -0.493 e. The molecule has 1 aliphatic rings. The van der Waals surface area contributed by atoms with Crippen LogP contribution in [0.4, 0.5) is 11.4 Å². The summed E-state index contributed by atoms with van der Waals surface area (Å²) in [4.78, 5) is 31.2. The Hall–Kier alpha value is -4.59. The molecule has 1 heterocycles. The molecule has 0 aliphatic carbocycles. The lowest BCUT2D eigenvalue weighted by atomic mass is 10.1. The Morgan fingerprint density at radius 2 is 1.54 bits per heavy atom. The van der Waals surface area contributed by atoms with Crippen molar-refractivity contribution in [1.29, 1.82) is 0 Å². The van der Waals surface area contributed by atoms with E-state index < -0.39 is 0 Å². The number of carbonyl (C=O) groups excluding carboxylic acids is 2. The molecule has 1 N–H and O–H groups in total. The number of nitrogens with zero attached hydrogens (tertiary/aromatic N) is 2. The van der Waals surface area contributed by atoms with Gasteiger partial charge in [0.15, 0.2) is 11.5 Å². The van der Waals surface area contributed by atoms with Gasteiger partial charge < -0.3 is 19.5 Å². The van der Waals surface area contributed by atoms with Gasteiger partial charge in [-0.1, -0.05) is 30.3 Å². The Kier molecular flexibility index (Phi) is 6.82. The van der Waals surface area contributed by atoms with E-state index in [2.05, 4.69) is 10.3 Å². The number of carbonyl (C=O) groups is 2. The van der Waals surface area contributed by atoms with Crippen LogP contribution in [0.5, 0.6) is 17.2 Å². The second-order valence-corrected chi connectivity index (χ2v) is 7.66. The monoisotopic (exact) mass is 471 g/mol. The number of rotatable bonds is 7. The van der Waals surface area contributed by atoms with E-state index in [4.69, 9.17) is 14.2 Å². The van der Waals surface area contributed by atoms with E-state index in [1.54, 1.807) is 47.4 Å². The third-order valence-electron chi connectivity index (χ3n) is 5.33. The van der Waals surface area contributed by atoms with Gasteiger partial charge in [0.2, 0.25) is 11.7 Å². The van der Waals surface area contributed by atoms with Crippen molar-refractivity contribution in [3.8, 4) is 17.2 Å². The smallest absolute Gasteiger partial charge is 0.282 e. The van der Waals surface area contributed by atoms with Gasteiger partial charge in [0.1, 0.15) is 11.5 Å². The number of methoxy groups -OCH3 is 3. The minimum atomic E-state index is -0.287. The maximum absolute atomic E-state index is 13.6. The van der Waals surface area contributed by atoms with Crippen LogP contribution in [0.2, 0.25) is 0 Å². The molecule has 0 unspecified atom stereocenters. The van der Waals surface area contributed by atoms with Crippen molar-refractivity contribution in [3.05, 3.63) is 83.6 Å². The van der Waals surface area contributed by atoms with Gasteiger partial charge in [0.05, 0.1) is 27.0 Å². The molecule has 0 bridgehead atoms. The zero-order valence-electron chi connectivity index (χ0n) is 19.9. The van der Waals surface area contributed by atoms with E-state index in [0.29, 0.717) is 40.0 Å². The molecule has 0 fully saturated rings. The minimum absolute atomic E-state index is 0.169. The Labute approximate surface area is 203 Å². The highest BCUT2D eigenvalue weighted by Gasteiger charge is 2.32. The van der Waals surface area contributed by atoms with E-state index in [9.17, 15) is 9.59 Å². The molecule has 8 heteroatoms. The number of hydrogen-bond donors (Lipinski definition) is 1. The zero-order valence-corrected chi connectivity index (χ0v) is 19.9. The van der Waals surface area contributed by atoms with Gasteiger partial charge in [-0.05, 0) is 48.0 Å². The van der Waals surface area contributed by atoms with Gasteiger partial charge in [-0.15, -0.1) is 0 Å². The molecule has 0 aromatic heterocycles. The SMILES string of the molecule is COc1cc(/C=C2\N=C(c3ccccc3)N(c3ccc(NC(C)=O)cc3)C2=O)cc(OC)c1OC. The van der Waals surface area contributed by atoms with Gasteiger partial charge in [-0.3, -0.25) is 14.5 Å². The van der Waals surface area contributed by atoms with Crippen molar-refractivity contribution in [3.63, 3.8) is 0 Å². The first-order chi connectivity index (χ1) is 16.9. The molecular weight excluding hydrogens is 446 g/mol. The number of ether oxygens (including phenoxy) is 3. The van der Waals surface area contributed by atoms with Gasteiger partial charge in [-0.2, -0.15) is 0 Å². The lowest BCUT2D eigenvalue weighted by molar-refractivity contribution is -0.114. The van der Waals surface area contributed by atoms with Crippen LogP contribution in [0.1, 0.15) is 18.1 Å². The summed E-state index contributed by atoms with van der Waals surface area (Å²) >= 11 is 0. The van der Waals surface area contributed by atoms with E-state index in [0.717, 1.165) is 5.56 Å². The fourth-order valence-electron chi connectivity index (χ4n) is 3.78. The highest BCUT2D eigenvalue weighted by Crippen LogP contribution is 2.39. The zero-order chi connectivity index (χ0) is 24.9. The van der Waals surface area contributed by atoms with Crippen LogP contribution in [0, 0.1) is 0 Å². The Morgan fingerprint density at radius 3 is 2.09 bits per heavy atom. The molecule has 2 amide bonds. The molecule has 3 aromatic rings. The van der Waals surface area contributed by atoms with Crippen molar-refractivity contribution < 1.29 is 23.8 Å². The number of anilines is 2. The number of aliphatic imine (C=N–C) groups is 1. The van der Waals surface area contributed by atoms with Crippen LogP contribution < -0.4 is 24.4 Å². The fourth-order valence-corrected chi connectivity index (χ4v) is 3.78. The summed E-state index contributed by atoms with van der Waals surface area (Å²) in [6.45, 7) is 1.44. The molecule has 0 saturated carbocycles. The molecule has 1 aliphatic heterocycles. The van der Waals surface area contributed by atoms with Crippen molar-refractivity contribution in [2.45, 2.75) is 6.92 Å². The first-order valence-corrected chi connectivity index (χ1v) is 10.8. The van der Waals surface area contributed by atoms with E-state index in [1.165, 1.54) is 28.3 Å². The van der Waals surface area contributed by atoms with Gasteiger partial charge in [0.25, 0.3) is 5.91 Å². The second kappa shape index (κ2) is 10.1. The first kappa shape index (κ1) is 23.6. The molecule has 3 aromatic carbocycles. The molecule has 0 saturated heterocycles. The lowest BCUT2D eigenvalue weighted by Crippen LogP contribution is -2.32. The number of amidine groups is 1. The largest absolute Gasteiger partial charge is 0.493 e. The number of nitrogens with one attached hydrogen (secondary N) is 1. The molecule has 178 valence electrons. The van der Waals surface area contributed by atoms with Crippen molar-refractivity contribution in [1.82, 2.24) is 0 Å². The van der Waals surface area contributed by atoms with Crippen molar-refractivity contribution in [2.75, 3.05) is 31.5 Å². The number of hydrogen-bond acceptors (Lipinski definition) is 6. The van der Waals surface area contributed by atoms with Crippen LogP contribution in [-0.2, 0) is 9.59 Å². The third-order valence-corrected chi connectivity index (χ3v) is 5.33. The number of amides is 2. The molecular formula is C27H25N3O5. The molecule has 0 atom stereocenters. The quantitative estimate of drug-likeness (QED) is 0.513. The molecule has 4 rings (SSSR count). The fraction of sp³-hybridized carbons (Fsp3) is 0.148. The average Bonchev–Trinajstić information content (AvgIpc) is 3.19. The summed E-state index contributed by atoms with van der Waals surface area (Å²) in [5, 5.41) is 2.73. The molecule has 0 spiro atoms. The predicted octanol–water partition coefficient (Wildman–Crippen LogP) is 4.51. The Balaban J connectivity index is 1.78. The maximum atomic E-state index is 13.6. The normalized spacial score (nSPS) is 14.1. The van der Waals surface area contributed by atoms with Gasteiger partial charge in [0, 0.05) is 18.2 Å². The van der Waals surface area contributed by atoms with Gasteiger partial charge in [-0.25, -0.2) is 4.99 Å². The van der Waals surface area contributed by atoms with Crippen LogP contribution in [0.3, 0.4) is 0 Å². The van der Waals surface area contributed by atoms with E-state index in [-0.39, 0.29) is 17.5 Å². The molecule has 0 radical (unpaired) electrons. The van der Waals surface area contributed by atoms with Crippen LogP contribution >= 0.6 is 0 Å². The van der Waals surface area contributed by atoms with Gasteiger partial charge >= 0.3 is 0 Å². The summed E-state index contributed by atoms with van der Waals surface area (Å²) in [7, 11) is 4.60. The van der Waals surface area contributed by atoms with Crippen LogP contribution in [-0.4, -0.2) is 39.0 Å². The first-order valence-electron chi connectivity index (χ1n) is 10.8. The third kappa shape index (κ3) is 4.86. The molecule has 35 heavy (non-hydrogen) atoms. The maximum Gasteiger partial charge on any atom is 0.282 e. The Morgan fingerprint density at radius 1 is 0.914 bits per heavy atom. The Bertz CT molecular complexity index is 1290. The highest BCUT2D eigenvalue weighted by atomic mass is 16.5. The summed E-state index contributed by atoms with van der Waals surface area (Å²) < 4.78 is 16.3. The predicted molar refractivity (Wildman–Crippen MR) is 135 cm³/mol. The lowest BCUT2D eigenvalue weighted by Gasteiger charge is -2.19. The van der Waals surface area contributed by atoms with Crippen molar-refractivity contribution in [2.24, 2.45) is 4.99 Å². The van der Waals surface area contributed by atoms with Crippen LogP contribution in [0.15, 0.2) is 77.4 Å². The number of benzene rings is 3. The standard InChI is InChI=1S/C27H25N3O5/c1-17(31)28-20-10-12-21(13-11-20)30-26(19-8-6-5-7-9-19)29-22(27(30)32)14-18-15-23(33-2)25(35-4)24(16-18)34-3/h5-16H,1-4H3,(H,28,31)/b22-14-. The topological polar surface area (TPSA) is 89.5 Å². The summed E-state index contributed by atoms with van der Waals surface area (Å²) in [6, 6.07) is 20.0. The van der Waals surface area contributed by atoms with Crippen molar-refractivity contribution >= 4 is 35.1 Å². The summed E-state index contributed by atoms with van der Waals surface area (Å²) in [5.41, 5.74) is 2.98. The highest BCUT2D eigenvalue weighted by molar-refractivity contribution is 6.33. The summed E-state index contributed by atoms with van der Waals surface area (Å²) in [5.74, 6) is 1.46.